The molecule has 2 N–H and O–H groups in total. The van der Waals surface area contributed by atoms with Gasteiger partial charge in [-0.2, -0.15) is 13.2 Å². The molecule has 0 amide bonds. The summed E-state index contributed by atoms with van der Waals surface area (Å²) in [5.41, 5.74) is 0. The Morgan fingerprint density at radius 3 is 2.81 bits per heavy atom. The number of hydrogen-bond donors (Lipinski definition) is 2. The van der Waals surface area contributed by atoms with Crippen LogP contribution in [0.4, 0.5) is 13.2 Å². The molecule has 0 saturated heterocycles. The highest BCUT2D eigenvalue weighted by Crippen LogP contribution is 2.38. The Balaban J connectivity index is 2.01. The van der Waals surface area contributed by atoms with Gasteiger partial charge in [-0.1, -0.05) is 12.5 Å². The van der Waals surface area contributed by atoms with E-state index in [4.69, 9.17) is 5.11 Å². The molecule has 3 nitrogen and oxygen atoms in total. The third-order valence-corrected chi connectivity index (χ3v) is 4.83. The number of halogens is 3. The lowest BCUT2D eigenvalue weighted by molar-refractivity contribution is -0.184. The largest absolute Gasteiger partial charge is 0.481 e. The zero-order valence-electron chi connectivity index (χ0n) is 11.4. The highest BCUT2D eigenvalue weighted by Gasteiger charge is 2.42. The number of aliphatic carboxylic acids is 1. The molecule has 0 aromatic carbocycles. The summed E-state index contributed by atoms with van der Waals surface area (Å²) < 4.78 is 38.4. The molecule has 3 atom stereocenters. The molecule has 1 aliphatic rings. The van der Waals surface area contributed by atoms with E-state index in [0.29, 0.717) is 12.8 Å². The van der Waals surface area contributed by atoms with E-state index in [9.17, 15) is 18.0 Å². The smallest absolute Gasteiger partial charge is 0.391 e. The van der Waals surface area contributed by atoms with Crippen LogP contribution in [0.1, 0.15) is 43.0 Å². The van der Waals surface area contributed by atoms with Gasteiger partial charge in [0.05, 0.1) is 18.4 Å². The van der Waals surface area contributed by atoms with Gasteiger partial charge >= 0.3 is 12.1 Å². The second-order valence-electron chi connectivity index (χ2n) is 5.43. The molecular weight excluding hydrogens is 303 g/mol. The van der Waals surface area contributed by atoms with E-state index in [1.54, 1.807) is 0 Å². The van der Waals surface area contributed by atoms with Crippen LogP contribution in [0.2, 0.25) is 0 Å². The Kier molecular flexibility index (Phi) is 5.27. The first-order chi connectivity index (χ1) is 9.86. The summed E-state index contributed by atoms with van der Waals surface area (Å²) >= 11 is 1.42. The van der Waals surface area contributed by atoms with Gasteiger partial charge in [-0.25, -0.2) is 0 Å². The van der Waals surface area contributed by atoms with Crippen molar-refractivity contribution in [3.63, 3.8) is 0 Å². The van der Waals surface area contributed by atoms with Crippen molar-refractivity contribution in [3.05, 3.63) is 22.4 Å². The van der Waals surface area contributed by atoms with Crippen molar-refractivity contribution in [2.75, 3.05) is 0 Å². The normalized spacial score (nSPS) is 24.7. The van der Waals surface area contributed by atoms with Crippen molar-refractivity contribution >= 4 is 17.3 Å². The zero-order chi connectivity index (χ0) is 15.5. The number of hydrogen-bond acceptors (Lipinski definition) is 3. The van der Waals surface area contributed by atoms with Gasteiger partial charge in [0.2, 0.25) is 0 Å². The topological polar surface area (TPSA) is 49.3 Å². The molecule has 1 heterocycles. The molecule has 0 bridgehead atoms. The van der Waals surface area contributed by atoms with Gasteiger partial charge in [-0.3, -0.25) is 4.79 Å². The Morgan fingerprint density at radius 1 is 1.48 bits per heavy atom. The quantitative estimate of drug-likeness (QED) is 0.862. The van der Waals surface area contributed by atoms with Crippen LogP contribution in [0, 0.1) is 5.92 Å². The minimum absolute atomic E-state index is 0.0327. The summed E-state index contributed by atoms with van der Waals surface area (Å²) in [6, 6.07) is 2.93. The molecule has 118 valence electrons. The van der Waals surface area contributed by atoms with E-state index in [1.165, 1.54) is 11.3 Å². The van der Waals surface area contributed by atoms with Crippen molar-refractivity contribution in [1.82, 2.24) is 5.32 Å². The highest BCUT2D eigenvalue weighted by molar-refractivity contribution is 7.10. The van der Waals surface area contributed by atoms with Crippen LogP contribution in [-0.4, -0.2) is 23.3 Å². The second kappa shape index (κ2) is 6.79. The lowest BCUT2D eigenvalue weighted by Crippen LogP contribution is -2.40. The minimum atomic E-state index is -4.16. The lowest BCUT2D eigenvalue weighted by Gasteiger charge is -2.33. The minimum Gasteiger partial charge on any atom is -0.481 e. The summed E-state index contributed by atoms with van der Waals surface area (Å²) in [5.74, 6) is -2.23. The van der Waals surface area contributed by atoms with Crippen LogP contribution in [0.3, 0.4) is 0 Å². The van der Waals surface area contributed by atoms with Gasteiger partial charge in [0.15, 0.2) is 0 Å². The number of thiophene rings is 1. The molecule has 2 rings (SSSR count). The molecule has 0 radical (unpaired) electrons. The molecule has 1 aliphatic carbocycles. The molecule has 0 spiro atoms. The van der Waals surface area contributed by atoms with Crippen LogP contribution in [0.5, 0.6) is 0 Å². The van der Waals surface area contributed by atoms with Crippen molar-refractivity contribution in [1.29, 1.82) is 0 Å². The van der Waals surface area contributed by atoms with Gasteiger partial charge < -0.3 is 10.4 Å². The Bertz CT molecular complexity index is 461. The van der Waals surface area contributed by atoms with Crippen LogP contribution < -0.4 is 5.32 Å². The fourth-order valence-electron chi connectivity index (χ4n) is 2.83. The van der Waals surface area contributed by atoms with Gasteiger partial charge in [0.25, 0.3) is 0 Å². The number of carbonyl (C=O) groups is 1. The van der Waals surface area contributed by atoms with E-state index in [0.717, 1.165) is 4.88 Å². The van der Waals surface area contributed by atoms with E-state index in [-0.39, 0.29) is 25.3 Å². The fraction of sp³-hybridized carbons (Fsp3) is 0.643. The molecule has 1 fully saturated rings. The van der Waals surface area contributed by atoms with Crippen molar-refractivity contribution in [3.8, 4) is 0 Å². The lowest BCUT2D eigenvalue weighted by atomic mass is 9.85. The zero-order valence-corrected chi connectivity index (χ0v) is 12.2. The van der Waals surface area contributed by atoms with Crippen molar-refractivity contribution in [2.45, 2.75) is 50.4 Å². The van der Waals surface area contributed by atoms with Crippen LogP contribution >= 0.6 is 11.3 Å². The molecule has 1 aromatic heterocycles. The SMILES string of the molecule is O=C(O)CC(NC1CCCC(C(F)(F)F)C1)c1cccs1. The Labute approximate surface area is 125 Å². The Morgan fingerprint density at radius 2 is 2.24 bits per heavy atom. The van der Waals surface area contributed by atoms with Crippen LogP contribution in [-0.2, 0) is 4.79 Å². The predicted octanol–water partition coefficient (Wildman–Crippen LogP) is 3.97. The first-order valence-electron chi connectivity index (χ1n) is 6.94. The standard InChI is InChI=1S/C14H18F3NO2S/c15-14(16,17)9-3-1-4-10(7-9)18-11(8-13(19)20)12-5-2-6-21-12/h2,5-6,9-11,18H,1,3-4,7-8H2,(H,19,20). The number of carboxylic acids is 1. The molecule has 7 heteroatoms. The maximum absolute atomic E-state index is 12.8. The predicted molar refractivity (Wildman–Crippen MR) is 74.2 cm³/mol. The van der Waals surface area contributed by atoms with Crippen LogP contribution in [0.15, 0.2) is 17.5 Å². The third-order valence-electron chi connectivity index (χ3n) is 3.84. The average Bonchev–Trinajstić information content (AvgIpc) is 2.90. The van der Waals surface area contributed by atoms with Crippen molar-refractivity contribution in [2.24, 2.45) is 5.92 Å². The van der Waals surface area contributed by atoms with Crippen LogP contribution in [0.25, 0.3) is 0 Å². The van der Waals surface area contributed by atoms with Gasteiger partial charge in [0, 0.05) is 10.9 Å². The summed E-state index contributed by atoms with van der Waals surface area (Å²) in [6.45, 7) is 0. The first-order valence-corrected chi connectivity index (χ1v) is 7.82. The summed E-state index contributed by atoms with van der Waals surface area (Å²) in [6.07, 6.45) is -2.89. The number of nitrogens with one attached hydrogen (secondary N) is 1. The van der Waals surface area contributed by atoms with E-state index in [2.05, 4.69) is 5.32 Å². The molecule has 1 saturated carbocycles. The van der Waals surface area contributed by atoms with Gasteiger partial charge in [0.1, 0.15) is 0 Å². The third kappa shape index (κ3) is 4.71. The summed E-state index contributed by atoms with van der Waals surface area (Å²) in [5, 5.41) is 13.9. The van der Waals surface area contributed by atoms with E-state index < -0.39 is 24.1 Å². The maximum Gasteiger partial charge on any atom is 0.391 e. The molecule has 3 unspecified atom stereocenters. The summed E-state index contributed by atoms with van der Waals surface area (Å²) in [4.78, 5) is 11.8. The second-order valence-corrected chi connectivity index (χ2v) is 6.41. The molecule has 21 heavy (non-hydrogen) atoms. The maximum atomic E-state index is 12.8. The van der Waals surface area contributed by atoms with E-state index in [1.807, 2.05) is 17.5 Å². The average molecular weight is 321 g/mol. The van der Waals surface area contributed by atoms with Crippen molar-refractivity contribution < 1.29 is 23.1 Å². The summed E-state index contributed by atoms with van der Waals surface area (Å²) in [7, 11) is 0. The number of carboxylic acid groups (broad SMARTS) is 1. The Hall–Kier alpha value is -1.08. The first kappa shape index (κ1) is 16.3. The van der Waals surface area contributed by atoms with Gasteiger partial charge in [-0.15, -0.1) is 11.3 Å². The fourth-order valence-corrected chi connectivity index (χ4v) is 3.62. The molecule has 0 aliphatic heterocycles. The van der Waals surface area contributed by atoms with Gasteiger partial charge in [-0.05, 0) is 30.7 Å². The highest BCUT2D eigenvalue weighted by atomic mass is 32.1. The molecular formula is C14H18F3NO2S. The monoisotopic (exact) mass is 321 g/mol. The number of alkyl halides is 3. The number of rotatable bonds is 5. The van der Waals surface area contributed by atoms with E-state index >= 15 is 0 Å². The molecule has 1 aromatic rings.